The van der Waals surface area contributed by atoms with Crippen molar-refractivity contribution in [3.63, 3.8) is 0 Å². The molecule has 2 aromatic rings. The first-order valence-corrected chi connectivity index (χ1v) is 6.72. The van der Waals surface area contributed by atoms with E-state index in [1.54, 1.807) is 6.92 Å². The van der Waals surface area contributed by atoms with E-state index < -0.39 is 29.2 Å². The zero-order valence-electron chi connectivity index (χ0n) is 12.4. The minimum atomic E-state index is -0.949. The van der Waals surface area contributed by atoms with Crippen molar-refractivity contribution < 1.29 is 27.8 Å². The van der Waals surface area contributed by atoms with Gasteiger partial charge in [-0.05, 0) is 37.6 Å². The lowest BCUT2D eigenvalue weighted by atomic mass is 10.1. The largest absolute Gasteiger partial charge is 0.462 e. The summed E-state index contributed by atoms with van der Waals surface area (Å²) in [5.41, 5.74) is 0.0256. The van der Waals surface area contributed by atoms with E-state index in [0.717, 1.165) is 12.1 Å². The average Bonchev–Trinajstić information content (AvgIpc) is 2.50. The molecule has 1 heterocycles. The van der Waals surface area contributed by atoms with Gasteiger partial charge in [0, 0.05) is 11.8 Å². The van der Waals surface area contributed by atoms with E-state index in [9.17, 15) is 18.4 Å². The number of aldehydes is 1. The maximum Gasteiger partial charge on any atom is 0.344 e. The van der Waals surface area contributed by atoms with Crippen LogP contribution in [0.5, 0.6) is 11.6 Å². The van der Waals surface area contributed by atoms with Crippen LogP contribution in [-0.2, 0) is 4.74 Å². The zero-order chi connectivity index (χ0) is 17.0. The van der Waals surface area contributed by atoms with Gasteiger partial charge in [0.15, 0.2) is 17.9 Å². The molecule has 0 amide bonds. The number of rotatable bonds is 5. The van der Waals surface area contributed by atoms with Crippen LogP contribution in [0.2, 0.25) is 0 Å². The molecule has 0 aliphatic heterocycles. The van der Waals surface area contributed by atoms with Crippen LogP contribution in [0.25, 0.3) is 0 Å². The summed E-state index contributed by atoms with van der Waals surface area (Å²) in [4.78, 5) is 26.8. The lowest BCUT2D eigenvalue weighted by Crippen LogP contribution is -2.11. The first-order chi connectivity index (χ1) is 11.0. The van der Waals surface area contributed by atoms with Gasteiger partial charge >= 0.3 is 5.97 Å². The second-order valence-corrected chi connectivity index (χ2v) is 4.58. The molecule has 120 valence electrons. The molecule has 1 aromatic carbocycles. The fourth-order valence-electron chi connectivity index (χ4n) is 1.92. The Balaban J connectivity index is 2.52. The predicted octanol–water partition coefficient (Wildman–Crippen LogP) is 3.45. The van der Waals surface area contributed by atoms with Crippen molar-refractivity contribution in [1.82, 2.24) is 4.98 Å². The van der Waals surface area contributed by atoms with Crippen molar-refractivity contribution in [2.24, 2.45) is 0 Å². The SMILES string of the molecule is CCOC(=O)c1c(C=O)ccnc1Oc1c(F)cc(C)cc1F. The average molecular weight is 321 g/mol. The Hall–Kier alpha value is -2.83. The van der Waals surface area contributed by atoms with Gasteiger partial charge in [-0.2, -0.15) is 0 Å². The molecule has 0 N–H and O–H groups in total. The molecule has 0 saturated heterocycles. The van der Waals surface area contributed by atoms with E-state index in [1.165, 1.54) is 19.2 Å². The van der Waals surface area contributed by atoms with E-state index in [0.29, 0.717) is 11.8 Å². The van der Waals surface area contributed by atoms with Crippen LogP contribution >= 0.6 is 0 Å². The molecule has 23 heavy (non-hydrogen) atoms. The molecule has 0 aliphatic rings. The van der Waals surface area contributed by atoms with Crippen molar-refractivity contribution in [2.45, 2.75) is 13.8 Å². The van der Waals surface area contributed by atoms with Gasteiger partial charge in [0.05, 0.1) is 6.61 Å². The van der Waals surface area contributed by atoms with Crippen molar-refractivity contribution in [1.29, 1.82) is 0 Å². The molecular weight excluding hydrogens is 308 g/mol. The molecule has 0 aliphatic carbocycles. The Kier molecular flexibility index (Phi) is 5.00. The topological polar surface area (TPSA) is 65.5 Å². The molecule has 0 bridgehead atoms. The van der Waals surface area contributed by atoms with Crippen LogP contribution in [0.3, 0.4) is 0 Å². The third-order valence-electron chi connectivity index (χ3n) is 2.90. The second kappa shape index (κ2) is 6.95. The number of carbonyl (C=O) groups excluding carboxylic acids is 2. The lowest BCUT2D eigenvalue weighted by molar-refractivity contribution is 0.0520. The van der Waals surface area contributed by atoms with Crippen LogP contribution in [-0.4, -0.2) is 23.8 Å². The lowest BCUT2D eigenvalue weighted by Gasteiger charge is -2.12. The molecule has 0 spiro atoms. The number of esters is 1. The maximum atomic E-state index is 13.9. The normalized spacial score (nSPS) is 10.3. The number of halogens is 2. The quantitative estimate of drug-likeness (QED) is 0.623. The zero-order valence-corrected chi connectivity index (χ0v) is 12.4. The number of aryl methyl sites for hydroxylation is 1. The number of hydrogen-bond donors (Lipinski definition) is 0. The smallest absolute Gasteiger partial charge is 0.344 e. The maximum absolute atomic E-state index is 13.9. The molecule has 0 fully saturated rings. The van der Waals surface area contributed by atoms with Crippen LogP contribution in [0.4, 0.5) is 8.78 Å². The predicted molar refractivity (Wildman–Crippen MR) is 76.8 cm³/mol. The number of ether oxygens (including phenoxy) is 2. The van der Waals surface area contributed by atoms with Crippen LogP contribution in [0.15, 0.2) is 24.4 Å². The van der Waals surface area contributed by atoms with Gasteiger partial charge in [0.25, 0.3) is 0 Å². The number of hydrogen-bond acceptors (Lipinski definition) is 5. The summed E-state index contributed by atoms with van der Waals surface area (Å²) in [6, 6.07) is 3.42. The third kappa shape index (κ3) is 3.50. The summed E-state index contributed by atoms with van der Waals surface area (Å²) < 4.78 is 37.7. The van der Waals surface area contributed by atoms with E-state index >= 15 is 0 Å². The Morgan fingerprint density at radius 3 is 2.52 bits per heavy atom. The first-order valence-electron chi connectivity index (χ1n) is 6.72. The van der Waals surface area contributed by atoms with Gasteiger partial charge in [-0.3, -0.25) is 4.79 Å². The summed E-state index contributed by atoms with van der Waals surface area (Å²) in [6.45, 7) is 3.15. The second-order valence-electron chi connectivity index (χ2n) is 4.58. The van der Waals surface area contributed by atoms with Crippen LogP contribution < -0.4 is 4.74 Å². The molecule has 0 unspecified atom stereocenters. The van der Waals surface area contributed by atoms with Crippen molar-refractivity contribution in [2.75, 3.05) is 6.61 Å². The minimum Gasteiger partial charge on any atom is -0.462 e. The first kappa shape index (κ1) is 16.5. The summed E-state index contributed by atoms with van der Waals surface area (Å²) in [5, 5.41) is 0. The Labute approximate surface area is 130 Å². The number of aromatic nitrogens is 1. The van der Waals surface area contributed by atoms with E-state index in [2.05, 4.69) is 4.98 Å². The highest BCUT2D eigenvalue weighted by molar-refractivity contribution is 6.00. The number of pyridine rings is 1. The van der Waals surface area contributed by atoms with E-state index in [4.69, 9.17) is 9.47 Å². The molecule has 0 radical (unpaired) electrons. The monoisotopic (exact) mass is 321 g/mol. The highest BCUT2D eigenvalue weighted by atomic mass is 19.1. The third-order valence-corrected chi connectivity index (χ3v) is 2.90. The van der Waals surface area contributed by atoms with Crippen molar-refractivity contribution in [3.8, 4) is 11.6 Å². The summed E-state index contributed by atoms with van der Waals surface area (Å²) in [5.74, 6) is -3.89. The molecule has 0 saturated carbocycles. The summed E-state index contributed by atoms with van der Waals surface area (Å²) >= 11 is 0. The highest BCUT2D eigenvalue weighted by Gasteiger charge is 2.23. The fraction of sp³-hybridized carbons (Fsp3) is 0.188. The van der Waals surface area contributed by atoms with Crippen LogP contribution in [0.1, 0.15) is 33.2 Å². The summed E-state index contributed by atoms with van der Waals surface area (Å²) in [7, 11) is 0. The number of carbonyl (C=O) groups is 2. The highest BCUT2D eigenvalue weighted by Crippen LogP contribution is 2.30. The van der Waals surface area contributed by atoms with Gasteiger partial charge in [-0.15, -0.1) is 0 Å². The van der Waals surface area contributed by atoms with Crippen molar-refractivity contribution in [3.05, 3.63) is 52.7 Å². The number of benzene rings is 1. The minimum absolute atomic E-state index is 0.0543. The van der Waals surface area contributed by atoms with Gasteiger partial charge < -0.3 is 9.47 Å². The summed E-state index contributed by atoms with van der Waals surface area (Å²) in [6.07, 6.45) is 1.59. The standard InChI is InChI=1S/C16H13F2NO4/c1-3-22-16(21)13-10(8-20)4-5-19-15(13)23-14-11(17)6-9(2)7-12(14)18/h4-8H,3H2,1-2H3. The van der Waals surface area contributed by atoms with Crippen LogP contribution in [0, 0.1) is 18.6 Å². The molecule has 1 aromatic heterocycles. The fourth-order valence-corrected chi connectivity index (χ4v) is 1.92. The van der Waals surface area contributed by atoms with Crippen molar-refractivity contribution >= 4 is 12.3 Å². The molecule has 2 rings (SSSR count). The van der Waals surface area contributed by atoms with Gasteiger partial charge in [-0.25, -0.2) is 18.6 Å². The van der Waals surface area contributed by atoms with E-state index in [1.807, 2.05) is 0 Å². The van der Waals surface area contributed by atoms with Gasteiger partial charge in [0.2, 0.25) is 11.6 Å². The molecule has 5 nitrogen and oxygen atoms in total. The Morgan fingerprint density at radius 2 is 1.96 bits per heavy atom. The molecular formula is C16H13F2NO4. The molecule has 0 atom stereocenters. The number of nitrogens with zero attached hydrogens (tertiary/aromatic N) is 1. The van der Waals surface area contributed by atoms with Gasteiger partial charge in [0.1, 0.15) is 5.56 Å². The van der Waals surface area contributed by atoms with E-state index in [-0.39, 0.29) is 17.7 Å². The van der Waals surface area contributed by atoms with Gasteiger partial charge in [-0.1, -0.05) is 0 Å². The molecule has 7 heteroatoms. The Morgan fingerprint density at radius 1 is 1.30 bits per heavy atom. The Bertz CT molecular complexity index is 739.